The molecule has 2 N–H and O–H groups in total. The molecule has 2 aromatic heterocycles. The van der Waals surface area contributed by atoms with E-state index in [4.69, 9.17) is 10.8 Å². The Labute approximate surface area is 124 Å². The van der Waals surface area contributed by atoms with Gasteiger partial charge in [-0.05, 0) is 37.6 Å². The second kappa shape index (κ2) is 5.66. The smallest absolute Gasteiger partial charge is 0.0722 e. The van der Waals surface area contributed by atoms with E-state index in [9.17, 15) is 0 Å². The summed E-state index contributed by atoms with van der Waals surface area (Å²) < 4.78 is 2.04. The average Bonchev–Trinajstić information content (AvgIpc) is 2.85. The average molecular weight is 280 g/mol. The number of aryl methyl sites for hydroxylation is 2. The number of fused-ring (bicyclic) bond motifs is 1. The first-order valence-corrected chi connectivity index (χ1v) is 7.31. The second-order valence-corrected chi connectivity index (χ2v) is 5.32. The van der Waals surface area contributed by atoms with Gasteiger partial charge < -0.3 is 5.73 Å². The van der Waals surface area contributed by atoms with E-state index in [0.29, 0.717) is 0 Å². The van der Waals surface area contributed by atoms with E-state index < -0.39 is 0 Å². The van der Waals surface area contributed by atoms with Crippen LogP contribution in [0, 0.1) is 6.92 Å². The van der Waals surface area contributed by atoms with Gasteiger partial charge in [0.15, 0.2) is 0 Å². The van der Waals surface area contributed by atoms with E-state index >= 15 is 0 Å². The standard InChI is InChI=1S/C17H20N4/c1-3-21-17-7-5-4-6-14(17)16(20-21)11-15(18)13-8-9-19-12(2)10-13/h4-10,15H,3,11,18H2,1-2H3. The summed E-state index contributed by atoms with van der Waals surface area (Å²) in [7, 11) is 0. The number of hydrogen-bond donors (Lipinski definition) is 1. The molecule has 0 aliphatic carbocycles. The summed E-state index contributed by atoms with van der Waals surface area (Å²) in [6.45, 7) is 4.96. The van der Waals surface area contributed by atoms with Crippen molar-refractivity contribution in [1.82, 2.24) is 14.8 Å². The summed E-state index contributed by atoms with van der Waals surface area (Å²) in [5, 5.41) is 5.91. The first kappa shape index (κ1) is 13.8. The van der Waals surface area contributed by atoms with E-state index in [1.165, 1.54) is 10.9 Å². The summed E-state index contributed by atoms with van der Waals surface area (Å²) in [6.07, 6.45) is 2.55. The molecule has 0 saturated carbocycles. The minimum Gasteiger partial charge on any atom is -0.324 e. The largest absolute Gasteiger partial charge is 0.324 e. The number of aromatic nitrogens is 3. The molecule has 0 radical (unpaired) electrons. The first-order valence-electron chi connectivity index (χ1n) is 7.31. The zero-order chi connectivity index (χ0) is 14.8. The van der Waals surface area contributed by atoms with Gasteiger partial charge in [0.2, 0.25) is 0 Å². The van der Waals surface area contributed by atoms with Crippen LogP contribution in [0.15, 0.2) is 42.6 Å². The minimum absolute atomic E-state index is 0.0599. The Balaban J connectivity index is 1.94. The summed E-state index contributed by atoms with van der Waals surface area (Å²) >= 11 is 0. The molecule has 0 fully saturated rings. The molecule has 0 bridgehead atoms. The van der Waals surface area contributed by atoms with Gasteiger partial charge in [0.25, 0.3) is 0 Å². The Morgan fingerprint density at radius 3 is 2.81 bits per heavy atom. The molecule has 1 unspecified atom stereocenters. The van der Waals surface area contributed by atoms with Gasteiger partial charge in [-0.2, -0.15) is 5.10 Å². The lowest BCUT2D eigenvalue weighted by Crippen LogP contribution is -2.14. The highest BCUT2D eigenvalue weighted by molar-refractivity contribution is 5.82. The quantitative estimate of drug-likeness (QED) is 0.799. The van der Waals surface area contributed by atoms with Gasteiger partial charge in [-0.1, -0.05) is 18.2 Å². The van der Waals surface area contributed by atoms with Crippen molar-refractivity contribution >= 4 is 10.9 Å². The molecular formula is C17H20N4. The molecular weight excluding hydrogens is 260 g/mol. The third kappa shape index (κ3) is 2.67. The van der Waals surface area contributed by atoms with Gasteiger partial charge in [-0.25, -0.2) is 0 Å². The summed E-state index contributed by atoms with van der Waals surface area (Å²) in [6, 6.07) is 12.3. The summed E-state index contributed by atoms with van der Waals surface area (Å²) in [4.78, 5) is 4.22. The Morgan fingerprint density at radius 1 is 1.24 bits per heavy atom. The number of rotatable bonds is 4. The van der Waals surface area contributed by atoms with Crippen LogP contribution >= 0.6 is 0 Å². The number of nitrogens with zero attached hydrogens (tertiary/aromatic N) is 3. The van der Waals surface area contributed by atoms with Crippen LogP contribution in [-0.2, 0) is 13.0 Å². The first-order chi connectivity index (χ1) is 10.2. The van der Waals surface area contributed by atoms with Crippen LogP contribution in [0.25, 0.3) is 10.9 Å². The van der Waals surface area contributed by atoms with Crippen molar-refractivity contribution in [3.63, 3.8) is 0 Å². The van der Waals surface area contributed by atoms with Crippen LogP contribution in [0.3, 0.4) is 0 Å². The SMILES string of the molecule is CCn1nc(CC(N)c2ccnc(C)c2)c2ccccc21. The van der Waals surface area contributed by atoms with Crippen molar-refractivity contribution in [3.8, 4) is 0 Å². The third-order valence-electron chi connectivity index (χ3n) is 3.80. The lowest BCUT2D eigenvalue weighted by molar-refractivity contribution is 0.641. The molecule has 0 spiro atoms. The Morgan fingerprint density at radius 2 is 2.05 bits per heavy atom. The molecule has 1 atom stereocenters. The van der Waals surface area contributed by atoms with Gasteiger partial charge in [0.05, 0.1) is 11.2 Å². The third-order valence-corrected chi connectivity index (χ3v) is 3.80. The minimum atomic E-state index is -0.0599. The van der Waals surface area contributed by atoms with E-state index in [2.05, 4.69) is 30.1 Å². The summed E-state index contributed by atoms with van der Waals surface area (Å²) in [5.41, 5.74) is 10.7. The number of para-hydroxylation sites is 1. The fourth-order valence-corrected chi connectivity index (χ4v) is 2.71. The predicted molar refractivity (Wildman–Crippen MR) is 85.0 cm³/mol. The zero-order valence-electron chi connectivity index (χ0n) is 12.5. The highest BCUT2D eigenvalue weighted by Gasteiger charge is 2.14. The topological polar surface area (TPSA) is 56.7 Å². The maximum Gasteiger partial charge on any atom is 0.0722 e. The zero-order valence-corrected chi connectivity index (χ0v) is 12.5. The van der Waals surface area contributed by atoms with E-state index in [1.54, 1.807) is 0 Å². The molecule has 3 aromatic rings. The monoisotopic (exact) mass is 280 g/mol. The van der Waals surface area contributed by atoms with E-state index in [0.717, 1.165) is 29.9 Å². The van der Waals surface area contributed by atoms with Crippen LogP contribution in [-0.4, -0.2) is 14.8 Å². The maximum absolute atomic E-state index is 6.36. The van der Waals surface area contributed by atoms with Crippen molar-refractivity contribution < 1.29 is 0 Å². The van der Waals surface area contributed by atoms with E-state index in [-0.39, 0.29) is 6.04 Å². The van der Waals surface area contributed by atoms with Gasteiger partial charge in [0.1, 0.15) is 0 Å². The molecule has 4 heteroatoms. The fraction of sp³-hybridized carbons (Fsp3) is 0.294. The van der Waals surface area contributed by atoms with Gasteiger partial charge >= 0.3 is 0 Å². The Hall–Kier alpha value is -2.20. The predicted octanol–water partition coefficient (Wildman–Crippen LogP) is 3.00. The lowest BCUT2D eigenvalue weighted by Gasteiger charge is -2.11. The maximum atomic E-state index is 6.36. The normalized spacial score (nSPS) is 12.7. The van der Waals surface area contributed by atoms with Gasteiger partial charge in [-0.15, -0.1) is 0 Å². The highest BCUT2D eigenvalue weighted by atomic mass is 15.3. The van der Waals surface area contributed by atoms with Crippen molar-refractivity contribution in [3.05, 3.63) is 59.5 Å². The molecule has 0 saturated heterocycles. The molecule has 0 amide bonds. The lowest BCUT2D eigenvalue weighted by atomic mass is 10.0. The fourth-order valence-electron chi connectivity index (χ4n) is 2.71. The Kier molecular flexibility index (Phi) is 3.71. The molecule has 0 aliphatic rings. The van der Waals surface area contributed by atoms with Crippen LogP contribution in [0.5, 0.6) is 0 Å². The second-order valence-electron chi connectivity index (χ2n) is 5.32. The highest BCUT2D eigenvalue weighted by Crippen LogP contribution is 2.23. The van der Waals surface area contributed by atoms with Crippen LogP contribution in [0.4, 0.5) is 0 Å². The summed E-state index contributed by atoms with van der Waals surface area (Å²) in [5.74, 6) is 0. The molecule has 0 aliphatic heterocycles. The number of pyridine rings is 1. The number of benzene rings is 1. The molecule has 21 heavy (non-hydrogen) atoms. The van der Waals surface area contributed by atoms with E-state index in [1.807, 2.05) is 36.0 Å². The van der Waals surface area contributed by atoms with Gasteiger partial charge in [-0.3, -0.25) is 9.67 Å². The molecule has 108 valence electrons. The van der Waals surface area contributed by atoms with Crippen LogP contribution < -0.4 is 5.73 Å². The van der Waals surface area contributed by atoms with Crippen molar-refractivity contribution in [2.24, 2.45) is 5.73 Å². The molecule has 4 nitrogen and oxygen atoms in total. The number of hydrogen-bond acceptors (Lipinski definition) is 3. The Bertz CT molecular complexity index is 760. The molecule has 3 rings (SSSR count). The van der Waals surface area contributed by atoms with Gasteiger partial charge in [0, 0.05) is 36.3 Å². The molecule has 1 aromatic carbocycles. The van der Waals surface area contributed by atoms with Crippen LogP contribution in [0.2, 0.25) is 0 Å². The van der Waals surface area contributed by atoms with Crippen LogP contribution in [0.1, 0.15) is 29.9 Å². The molecule has 2 heterocycles. The van der Waals surface area contributed by atoms with Crippen molar-refractivity contribution in [2.75, 3.05) is 0 Å². The van der Waals surface area contributed by atoms with Crippen molar-refractivity contribution in [2.45, 2.75) is 32.9 Å². The number of nitrogens with two attached hydrogens (primary N) is 1. The van der Waals surface area contributed by atoms with Crippen molar-refractivity contribution in [1.29, 1.82) is 0 Å².